The highest BCUT2D eigenvalue weighted by Gasteiger charge is 2.22. The van der Waals surface area contributed by atoms with E-state index in [1.165, 1.54) is 14.0 Å². The first-order chi connectivity index (χ1) is 9.04. The normalized spacial score (nSPS) is 11.7. The number of carbonyl (C=O) groups excluding carboxylic acids is 2. The van der Waals surface area contributed by atoms with E-state index in [1.54, 1.807) is 11.9 Å². The monoisotopic (exact) mass is 264 g/mol. The maximum atomic E-state index is 12.2. The van der Waals surface area contributed by atoms with Crippen molar-refractivity contribution >= 4 is 11.8 Å². The van der Waals surface area contributed by atoms with Gasteiger partial charge in [-0.05, 0) is 5.56 Å². The number of benzene rings is 1. The molecule has 1 atom stereocenters. The number of ether oxygens (including phenoxy) is 1. The number of amides is 2. The minimum Gasteiger partial charge on any atom is -0.382 e. The third-order valence-corrected chi connectivity index (χ3v) is 2.65. The topological polar surface area (TPSA) is 58.6 Å². The number of hydrogen-bond acceptors (Lipinski definition) is 3. The lowest BCUT2D eigenvalue weighted by Crippen LogP contribution is -2.48. The highest BCUT2D eigenvalue weighted by Crippen LogP contribution is 2.04. The lowest BCUT2D eigenvalue weighted by Gasteiger charge is -2.23. The van der Waals surface area contributed by atoms with Gasteiger partial charge in [0.15, 0.2) is 0 Å². The van der Waals surface area contributed by atoms with Crippen LogP contribution in [0.15, 0.2) is 30.3 Å². The van der Waals surface area contributed by atoms with E-state index in [1.807, 2.05) is 30.3 Å². The molecule has 19 heavy (non-hydrogen) atoms. The molecule has 0 spiro atoms. The zero-order valence-corrected chi connectivity index (χ0v) is 11.6. The zero-order chi connectivity index (χ0) is 14.3. The summed E-state index contributed by atoms with van der Waals surface area (Å²) in [5, 5.41) is 2.59. The van der Waals surface area contributed by atoms with E-state index < -0.39 is 6.04 Å². The Kier molecular flexibility index (Phi) is 6.02. The fraction of sp³-hybridized carbons (Fsp3) is 0.429. The molecule has 0 radical (unpaired) electrons. The zero-order valence-electron chi connectivity index (χ0n) is 11.6. The Morgan fingerprint density at radius 3 is 2.47 bits per heavy atom. The Balaban J connectivity index is 2.65. The number of rotatable bonds is 6. The van der Waals surface area contributed by atoms with Crippen LogP contribution in [-0.4, -0.2) is 43.5 Å². The van der Waals surface area contributed by atoms with Gasteiger partial charge in [-0.1, -0.05) is 30.3 Å². The largest absolute Gasteiger partial charge is 0.382 e. The molecule has 5 nitrogen and oxygen atoms in total. The van der Waals surface area contributed by atoms with Crippen LogP contribution in [0.2, 0.25) is 0 Å². The van der Waals surface area contributed by atoms with Gasteiger partial charge in [-0.15, -0.1) is 0 Å². The van der Waals surface area contributed by atoms with Gasteiger partial charge >= 0.3 is 0 Å². The SMILES string of the molecule is COCC(NC(C)=O)C(=O)N(C)Cc1ccccc1. The summed E-state index contributed by atoms with van der Waals surface area (Å²) in [4.78, 5) is 24.9. The number of nitrogens with zero attached hydrogens (tertiary/aromatic N) is 1. The summed E-state index contributed by atoms with van der Waals surface area (Å²) in [5.74, 6) is -0.413. The standard InChI is InChI=1S/C14H20N2O3/c1-11(17)15-13(10-19-3)14(18)16(2)9-12-7-5-4-6-8-12/h4-8,13H,9-10H2,1-3H3,(H,15,17). The van der Waals surface area contributed by atoms with Crippen molar-refractivity contribution in [1.82, 2.24) is 10.2 Å². The van der Waals surface area contributed by atoms with Crippen molar-refractivity contribution in [2.75, 3.05) is 20.8 Å². The number of nitrogens with one attached hydrogen (secondary N) is 1. The summed E-state index contributed by atoms with van der Waals surface area (Å²) < 4.78 is 4.96. The van der Waals surface area contributed by atoms with Crippen LogP contribution in [0.5, 0.6) is 0 Å². The average molecular weight is 264 g/mol. The first-order valence-corrected chi connectivity index (χ1v) is 6.09. The second-order valence-electron chi connectivity index (χ2n) is 4.39. The summed E-state index contributed by atoms with van der Waals surface area (Å²) in [6, 6.07) is 9.04. The molecule has 1 unspecified atom stereocenters. The average Bonchev–Trinajstić information content (AvgIpc) is 2.38. The van der Waals surface area contributed by atoms with Gasteiger partial charge in [0.25, 0.3) is 0 Å². The second kappa shape index (κ2) is 7.53. The van der Waals surface area contributed by atoms with E-state index in [0.717, 1.165) is 5.56 Å². The number of likely N-dealkylation sites (N-methyl/N-ethyl adjacent to an activating group) is 1. The van der Waals surface area contributed by atoms with Crippen molar-refractivity contribution in [3.05, 3.63) is 35.9 Å². The predicted molar refractivity (Wildman–Crippen MR) is 72.4 cm³/mol. The maximum absolute atomic E-state index is 12.2. The highest BCUT2D eigenvalue weighted by atomic mass is 16.5. The van der Waals surface area contributed by atoms with E-state index in [2.05, 4.69) is 5.32 Å². The summed E-state index contributed by atoms with van der Waals surface area (Å²) in [6.45, 7) is 2.05. The van der Waals surface area contributed by atoms with Gasteiger partial charge in [0.1, 0.15) is 6.04 Å². The van der Waals surface area contributed by atoms with Crippen LogP contribution < -0.4 is 5.32 Å². The third-order valence-electron chi connectivity index (χ3n) is 2.65. The van der Waals surface area contributed by atoms with Crippen molar-refractivity contribution in [2.45, 2.75) is 19.5 Å². The molecule has 1 rings (SSSR count). The van der Waals surface area contributed by atoms with Crippen LogP contribution in [0.1, 0.15) is 12.5 Å². The molecule has 0 heterocycles. The first-order valence-electron chi connectivity index (χ1n) is 6.09. The smallest absolute Gasteiger partial charge is 0.247 e. The molecule has 0 saturated carbocycles. The van der Waals surface area contributed by atoms with Crippen LogP contribution >= 0.6 is 0 Å². The van der Waals surface area contributed by atoms with Gasteiger partial charge < -0.3 is 15.0 Å². The van der Waals surface area contributed by atoms with Crippen molar-refractivity contribution in [2.24, 2.45) is 0 Å². The number of hydrogen-bond donors (Lipinski definition) is 1. The molecule has 1 N–H and O–H groups in total. The van der Waals surface area contributed by atoms with E-state index in [9.17, 15) is 9.59 Å². The fourth-order valence-electron chi connectivity index (χ4n) is 1.79. The molecule has 0 fully saturated rings. The molecule has 0 aliphatic carbocycles. The maximum Gasteiger partial charge on any atom is 0.247 e. The summed E-state index contributed by atoms with van der Waals surface area (Å²) in [7, 11) is 3.21. The number of methoxy groups -OCH3 is 1. The van der Waals surface area contributed by atoms with Crippen molar-refractivity contribution in [3.8, 4) is 0 Å². The molecule has 104 valence electrons. The summed E-state index contributed by atoms with van der Waals surface area (Å²) in [5.41, 5.74) is 1.04. The van der Waals surface area contributed by atoms with Gasteiger partial charge in [-0.3, -0.25) is 9.59 Å². The third kappa shape index (κ3) is 5.09. The minimum absolute atomic E-state index is 0.164. The Hall–Kier alpha value is -1.88. The summed E-state index contributed by atoms with van der Waals surface area (Å²) in [6.07, 6.45) is 0. The fourth-order valence-corrected chi connectivity index (χ4v) is 1.79. The lowest BCUT2D eigenvalue weighted by atomic mass is 10.2. The van der Waals surface area contributed by atoms with Crippen LogP contribution in [0.3, 0.4) is 0 Å². The Bertz CT molecular complexity index is 420. The quantitative estimate of drug-likeness (QED) is 0.826. The van der Waals surface area contributed by atoms with Crippen molar-refractivity contribution in [3.63, 3.8) is 0 Å². The molecule has 2 amide bonds. The summed E-state index contributed by atoms with van der Waals surface area (Å²) >= 11 is 0. The van der Waals surface area contributed by atoms with Crippen molar-refractivity contribution < 1.29 is 14.3 Å². The number of carbonyl (C=O) groups is 2. The van der Waals surface area contributed by atoms with Gasteiger partial charge in [-0.25, -0.2) is 0 Å². The first kappa shape index (κ1) is 15.2. The van der Waals surface area contributed by atoms with Crippen LogP contribution in [0.4, 0.5) is 0 Å². The molecular weight excluding hydrogens is 244 g/mol. The molecule has 1 aromatic rings. The molecule has 5 heteroatoms. The molecule has 0 saturated heterocycles. The molecule has 0 aliphatic rings. The Labute approximate surface area is 113 Å². The Morgan fingerprint density at radius 2 is 1.95 bits per heavy atom. The van der Waals surface area contributed by atoms with Gasteiger partial charge in [0.2, 0.25) is 11.8 Å². The highest BCUT2D eigenvalue weighted by molar-refractivity contribution is 5.86. The van der Waals surface area contributed by atoms with E-state index >= 15 is 0 Å². The van der Waals surface area contributed by atoms with Gasteiger partial charge in [0.05, 0.1) is 6.61 Å². The lowest BCUT2D eigenvalue weighted by molar-refractivity contribution is -0.136. The van der Waals surface area contributed by atoms with Crippen LogP contribution in [0.25, 0.3) is 0 Å². The second-order valence-corrected chi connectivity index (χ2v) is 4.39. The van der Waals surface area contributed by atoms with Gasteiger partial charge in [0, 0.05) is 27.6 Å². The molecule has 0 aromatic heterocycles. The van der Waals surface area contributed by atoms with Crippen molar-refractivity contribution in [1.29, 1.82) is 0 Å². The molecule has 0 bridgehead atoms. The van der Waals surface area contributed by atoms with Crippen LogP contribution in [-0.2, 0) is 20.9 Å². The molecular formula is C14H20N2O3. The molecule has 1 aromatic carbocycles. The minimum atomic E-state index is -0.642. The van der Waals surface area contributed by atoms with E-state index in [0.29, 0.717) is 6.54 Å². The van der Waals surface area contributed by atoms with E-state index in [-0.39, 0.29) is 18.4 Å². The molecule has 0 aliphatic heterocycles. The van der Waals surface area contributed by atoms with Crippen LogP contribution in [0, 0.1) is 0 Å². The predicted octanol–water partition coefficient (Wildman–Crippen LogP) is 0.796. The van der Waals surface area contributed by atoms with Gasteiger partial charge in [-0.2, -0.15) is 0 Å². The Morgan fingerprint density at radius 1 is 1.32 bits per heavy atom. The van der Waals surface area contributed by atoms with E-state index in [4.69, 9.17) is 4.74 Å².